The minimum absolute atomic E-state index is 0.269. The van der Waals surface area contributed by atoms with Gasteiger partial charge in [0.1, 0.15) is 0 Å². The summed E-state index contributed by atoms with van der Waals surface area (Å²) >= 11 is -2.17. The molecule has 1 aromatic heterocycles. The van der Waals surface area contributed by atoms with Crippen LogP contribution in [0.25, 0.3) is 10.0 Å². The Morgan fingerprint density at radius 3 is 2.24 bits per heavy atom. The molecule has 0 aliphatic heterocycles. The van der Waals surface area contributed by atoms with Gasteiger partial charge in [-0.2, -0.15) is 0 Å². The summed E-state index contributed by atoms with van der Waals surface area (Å²) in [5.41, 5.74) is -0.0843. The number of hydrogen-bond acceptors (Lipinski definition) is 1. The Kier molecular flexibility index (Phi) is 4.90. The Labute approximate surface area is 129 Å². The first kappa shape index (κ1) is 16.3. The first-order chi connectivity index (χ1) is 9.82. The molecule has 21 heavy (non-hydrogen) atoms. The molecule has 1 aromatic carbocycles. The van der Waals surface area contributed by atoms with Crippen molar-refractivity contribution < 1.29 is 22.0 Å². The van der Waals surface area contributed by atoms with Crippen LogP contribution < -0.4 is 4.46 Å². The quantitative estimate of drug-likeness (QED) is 0.544. The molecule has 0 saturated carbocycles. The van der Waals surface area contributed by atoms with Crippen molar-refractivity contribution in [2.75, 3.05) is 0 Å². The van der Waals surface area contributed by atoms with E-state index < -0.39 is 46.5 Å². The number of benzene rings is 1. The third kappa shape index (κ3) is 3.75. The Morgan fingerprint density at radius 2 is 1.76 bits per heavy atom. The van der Waals surface area contributed by atoms with E-state index in [-0.39, 0.29) is 4.46 Å². The van der Waals surface area contributed by atoms with Gasteiger partial charge in [-0.15, -0.1) is 0 Å². The summed E-state index contributed by atoms with van der Waals surface area (Å²) in [6.07, 6.45) is -4.61. The fourth-order valence-electron chi connectivity index (χ4n) is 1.64. The van der Waals surface area contributed by atoms with Gasteiger partial charge < -0.3 is 0 Å². The average molecular weight is 429 g/mol. The molecule has 1 nitrogen and oxygen atoms in total. The van der Waals surface area contributed by atoms with Crippen molar-refractivity contribution in [3.63, 3.8) is 0 Å². The van der Waals surface area contributed by atoms with Gasteiger partial charge in [-0.1, -0.05) is 0 Å². The van der Waals surface area contributed by atoms with E-state index >= 15 is 0 Å². The van der Waals surface area contributed by atoms with Gasteiger partial charge in [0.25, 0.3) is 0 Å². The fraction of sp³-hybridized carbons (Fsp3) is 0.154. The van der Waals surface area contributed by atoms with E-state index in [4.69, 9.17) is 5.26 Å². The Bertz CT molecular complexity index is 667. The zero-order valence-electron chi connectivity index (χ0n) is 10.1. The molecule has 0 radical (unpaired) electrons. The molecule has 0 atom stereocenters. The van der Waals surface area contributed by atoms with Crippen molar-refractivity contribution in [2.45, 2.75) is 11.5 Å². The molecule has 2 rings (SSSR count). The maximum atomic E-state index is 12.9. The molecule has 8 heteroatoms. The molecule has 2 aromatic rings. The van der Waals surface area contributed by atoms with Crippen molar-refractivity contribution in [3.8, 4) is 16.1 Å². The molecule has 0 amide bonds. The predicted octanol–water partition coefficient (Wildman–Crippen LogP) is 2.85. The molecular formula is C13H6F5NSe2. The van der Waals surface area contributed by atoms with Crippen molar-refractivity contribution in [1.29, 1.82) is 5.26 Å². The summed E-state index contributed by atoms with van der Waals surface area (Å²) in [4.78, 5) is 1.01. The normalized spacial score (nSPS) is 11.7. The SMILES string of the molecule is N#Cc1ccc(-c2[se]cc(C(F)(F)F)c2[Se]C(F)F)cc1. The summed E-state index contributed by atoms with van der Waals surface area (Å²) in [6, 6.07) is 7.85. The van der Waals surface area contributed by atoms with E-state index in [1.54, 1.807) is 0 Å². The Balaban J connectivity index is 2.52. The second-order valence-corrected chi connectivity index (χ2v) is 7.82. The van der Waals surface area contributed by atoms with Gasteiger partial charge >= 0.3 is 129 Å². The van der Waals surface area contributed by atoms with Gasteiger partial charge in [0.15, 0.2) is 0 Å². The van der Waals surface area contributed by atoms with E-state index in [1.165, 1.54) is 24.3 Å². The van der Waals surface area contributed by atoms with Crippen LogP contribution in [0.5, 0.6) is 0 Å². The predicted molar refractivity (Wildman–Crippen MR) is 69.9 cm³/mol. The molecule has 0 aliphatic carbocycles. The first-order valence-electron chi connectivity index (χ1n) is 5.47. The van der Waals surface area contributed by atoms with Crippen molar-refractivity contribution in [3.05, 3.63) is 40.3 Å². The molecular weight excluding hydrogens is 423 g/mol. The van der Waals surface area contributed by atoms with Crippen LogP contribution >= 0.6 is 0 Å². The van der Waals surface area contributed by atoms with Crippen LogP contribution in [-0.4, -0.2) is 34.8 Å². The zero-order valence-corrected chi connectivity index (χ0v) is 13.5. The van der Waals surface area contributed by atoms with Crippen LogP contribution in [-0.2, 0) is 6.18 Å². The van der Waals surface area contributed by atoms with E-state index in [0.29, 0.717) is 15.6 Å². The van der Waals surface area contributed by atoms with Crippen LogP contribution in [0.3, 0.4) is 0 Å². The van der Waals surface area contributed by atoms with Crippen LogP contribution in [0.4, 0.5) is 22.0 Å². The zero-order chi connectivity index (χ0) is 15.6. The van der Waals surface area contributed by atoms with E-state index in [2.05, 4.69) is 0 Å². The number of nitrogens with zero attached hydrogens (tertiary/aromatic N) is 1. The summed E-state index contributed by atoms with van der Waals surface area (Å²) in [5.74, 6) is 0. The topological polar surface area (TPSA) is 23.8 Å². The van der Waals surface area contributed by atoms with Gasteiger partial charge in [-0.05, 0) is 0 Å². The molecule has 1 heterocycles. The van der Waals surface area contributed by atoms with Crippen molar-refractivity contribution in [2.24, 2.45) is 0 Å². The second kappa shape index (κ2) is 6.33. The Morgan fingerprint density at radius 1 is 1.14 bits per heavy atom. The number of hydrogen-bond donors (Lipinski definition) is 0. The number of nitriles is 1. The molecule has 0 fully saturated rings. The summed E-state index contributed by atoms with van der Waals surface area (Å²) in [5, 5.41) is 5.92. The molecule has 0 bridgehead atoms. The van der Waals surface area contributed by atoms with Crippen molar-refractivity contribution in [1.82, 2.24) is 0 Å². The maximum absolute atomic E-state index is 12.9. The van der Waals surface area contributed by atoms with Gasteiger partial charge in [0.2, 0.25) is 0 Å². The minimum atomic E-state index is -4.61. The average Bonchev–Trinajstić information content (AvgIpc) is 2.81. The van der Waals surface area contributed by atoms with Gasteiger partial charge in [0, 0.05) is 0 Å². The van der Waals surface area contributed by atoms with E-state index in [0.717, 1.165) is 4.94 Å². The summed E-state index contributed by atoms with van der Waals surface area (Å²) < 4.78 is 64.0. The van der Waals surface area contributed by atoms with E-state index in [9.17, 15) is 22.0 Å². The monoisotopic (exact) mass is 431 g/mol. The molecule has 0 N–H and O–H groups in total. The molecule has 0 spiro atoms. The van der Waals surface area contributed by atoms with Crippen LogP contribution in [0, 0.1) is 11.3 Å². The van der Waals surface area contributed by atoms with Gasteiger partial charge in [0.05, 0.1) is 0 Å². The number of alkyl halides is 5. The van der Waals surface area contributed by atoms with Gasteiger partial charge in [-0.3, -0.25) is 0 Å². The van der Waals surface area contributed by atoms with Crippen LogP contribution in [0.2, 0.25) is 0 Å². The van der Waals surface area contributed by atoms with Crippen LogP contribution in [0.1, 0.15) is 11.1 Å². The summed E-state index contributed by atoms with van der Waals surface area (Å²) in [6.45, 7) is 0. The third-order valence-electron chi connectivity index (χ3n) is 2.53. The van der Waals surface area contributed by atoms with Crippen molar-refractivity contribution >= 4 is 33.9 Å². The Hall–Kier alpha value is -1.12. The molecule has 0 unspecified atom stereocenters. The number of rotatable bonds is 3. The fourth-order valence-corrected chi connectivity index (χ4v) is 6.60. The molecule has 0 saturated heterocycles. The van der Waals surface area contributed by atoms with E-state index in [1.807, 2.05) is 6.07 Å². The first-order valence-corrected chi connectivity index (χ1v) is 9.16. The standard InChI is InChI=1S/C13H6F5NSe2/c14-12(15)21-11-9(13(16,17)18)6-20-10(11)8-3-1-7(5-19)2-4-8/h1-4,6,12H. The summed E-state index contributed by atoms with van der Waals surface area (Å²) in [7, 11) is 0. The van der Waals surface area contributed by atoms with Crippen LogP contribution in [0.15, 0.2) is 29.2 Å². The number of halogens is 5. The molecule has 0 aliphatic rings. The third-order valence-corrected chi connectivity index (χ3v) is 7.11. The second-order valence-electron chi connectivity index (χ2n) is 3.87. The van der Waals surface area contributed by atoms with Gasteiger partial charge in [-0.25, -0.2) is 0 Å². The molecule has 110 valence electrons.